The van der Waals surface area contributed by atoms with E-state index in [9.17, 15) is 4.79 Å². The Morgan fingerprint density at radius 3 is 2.95 bits per heavy atom. The normalized spacial score (nSPS) is 12.1. The Morgan fingerprint density at radius 1 is 1.45 bits per heavy atom. The van der Waals surface area contributed by atoms with Crippen LogP contribution in [0.5, 0.6) is 0 Å². The quantitative estimate of drug-likeness (QED) is 0.820. The van der Waals surface area contributed by atoms with Crippen LogP contribution in [0.3, 0.4) is 0 Å². The Morgan fingerprint density at radius 2 is 2.25 bits per heavy atom. The van der Waals surface area contributed by atoms with Crippen LogP contribution in [-0.2, 0) is 4.79 Å². The summed E-state index contributed by atoms with van der Waals surface area (Å²) in [7, 11) is 0. The summed E-state index contributed by atoms with van der Waals surface area (Å²) in [5.74, 6) is -0.0194. The van der Waals surface area contributed by atoms with Crippen LogP contribution in [0.1, 0.15) is 26.3 Å². The number of nitrogens with one attached hydrogen (secondary N) is 1. The van der Waals surface area contributed by atoms with Gasteiger partial charge in [0, 0.05) is 24.0 Å². The summed E-state index contributed by atoms with van der Waals surface area (Å²) < 4.78 is 1.67. The molecule has 0 aliphatic heterocycles. The van der Waals surface area contributed by atoms with Crippen molar-refractivity contribution in [3.8, 4) is 11.1 Å². The van der Waals surface area contributed by atoms with Gasteiger partial charge in [-0.25, -0.2) is 0 Å². The Bertz CT molecular complexity index is 591. The van der Waals surface area contributed by atoms with E-state index in [0.29, 0.717) is 12.2 Å². The predicted octanol–water partition coefficient (Wildman–Crippen LogP) is 2.22. The van der Waals surface area contributed by atoms with Gasteiger partial charge in [-0.3, -0.25) is 9.48 Å². The first-order chi connectivity index (χ1) is 9.61. The monoisotopic (exact) mass is 272 g/mol. The predicted molar refractivity (Wildman–Crippen MR) is 80.1 cm³/mol. The molecule has 2 rings (SSSR count). The Hall–Kier alpha value is -2.30. The summed E-state index contributed by atoms with van der Waals surface area (Å²) in [4.78, 5) is 11.9. The molecule has 106 valence electrons. The van der Waals surface area contributed by atoms with E-state index in [1.165, 1.54) is 0 Å². The first-order valence-electron chi connectivity index (χ1n) is 6.79. The van der Waals surface area contributed by atoms with E-state index < -0.39 is 0 Å². The lowest BCUT2D eigenvalue weighted by Crippen LogP contribution is -2.31. The molecule has 0 aliphatic carbocycles. The SMILES string of the molecule is CCCNC(=O)C(C)n1cc(-c2cccc(N)c2)cn1. The molecule has 1 unspecified atom stereocenters. The minimum absolute atomic E-state index is 0.0194. The van der Waals surface area contributed by atoms with Crippen molar-refractivity contribution in [1.82, 2.24) is 15.1 Å². The molecule has 1 amide bonds. The van der Waals surface area contributed by atoms with E-state index in [-0.39, 0.29) is 11.9 Å². The van der Waals surface area contributed by atoms with Gasteiger partial charge in [0.25, 0.3) is 0 Å². The van der Waals surface area contributed by atoms with Crippen LogP contribution in [0.25, 0.3) is 11.1 Å². The zero-order valence-corrected chi connectivity index (χ0v) is 11.8. The number of carbonyl (C=O) groups excluding carboxylic acids is 1. The van der Waals surface area contributed by atoms with Gasteiger partial charge < -0.3 is 11.1 Å². The maximum atomic E-state index is 11.9. The number of benzene rings is 1. The maximum Gasteiger partial charge on any atom is 0.244 e. The summed E-state index contributed by atoms with van der Waals surface area (Å²) in [6.45, 7) is 4.55. The minimum Gasteiger partial charge on any atom is -0.399 e. The van der Waals surface area contributed by atoms with Crippen molar-refractivity contribution in [3.05, 3.63) is 36.7 Å². The average molecular weight is 272 g/mol. The summed E-state index contributed by atoms with van der Waals surface area (Å²) in [6.07, 6.45) is 4.54. The molecular formula is C15H20N4O. The molecule has 20 heavy (non-hydrogen) atoms. The third kappa shape index (κ3) is 3.17. The average Bonchev–Trinajstić information content (AvgIpc) is 2.93. The third-order valence-corrected chi connectivity index (χ3v) is 3.15. The fraction of sp³-hybridized carbons (Fsp3) is 0.333. The smallest absolute Gasteiger partial charge is 0.244 e. The van der Waals surface area contributed by atoms with Gasteiger partial charge in [-0.15, -0.1) is 0 Å². The fourth-order valence-corrected chi connectivity index (χ4v) is 1.93. The van der Waals surface area contributed by atoms with Crippen LogP contribution in [-0.4, -0.2) is 22.2 Å². The van der Waals surface area contributed by atoms with Crippen molar-refractivity contribution in [3.63, 3.8) is 0 Å². The number of nitrogens with zero attached hydrogens (tertiary/aromatic N) is 2. The van der Waals surface area contributed by atoms with Crippen molar-refractivity contribution >= 4 is 11.6 Å². The van der Waals surface area contributed by atoms with Crippen molar-refractivity contribution in [2.24, 2.45) is 0 Å². The summed E-state index contributed by atoms with van der Waals surface area (Å²) in [5, 5.41) is 7.14. The molecular weight excluding hydrogens is 252 g/mol. The lowest BCUT2D eigenvalue weighted by atomic mass is 10.1. The molecule has 0 aliphatic rings. The molecule has 0 fully saturated rings. The summed E-state index contributed by atoms with van der Waals surface area (Å²) in [6, 6.07) is 7.29. The molecule has 0 saturated heterocycles. The molecule has 5 heteroatoms. The Kier molecular flexibility index (Phi) is 4.40. The van der Waals surface area contributed by atoms with Crippen molar-refractivity contribution in [2.45, 2.75) is 26.3 Å². The molecule has 3 N–H and O–H groups in total. The third-order valence-electron chi connectivity index (χ3n) is 3.15. The number of anilines is 1. The summed E-state index contributed by atoms with van der Waals surface area (Å²) in [5.41, 5.74) is 8.44. The number of rotatable bonds is 5. The first-order valence-corrected chi connectivity index (χ1v) is 6.79. The van der Waals surface area contributed by atoms with Gasteiger partial charge in [-0.2, -0.15) is 5.10 Å². The van der Waals surface area contributed by atoms with Crippen LogP contribution >= 0.6 is 0 Å². The van der Waals surface area contributed by atoms with Gasteiger partial charge in [-0.05, 0) is 31.0 Å². The van der Waals surface area contributed by atoms with Crippen LogP contribution in [0, 0.1) is 0 Å². The Balaban J connectivity index is 2.14. The standard InChI is InChI=1S/C15H20N4O/c1-3-7-17-15(20)11(2)19-10-13(9-18-19)12-5-4-6-14(16)8-12/h4-6,8-11H,3,7,16H2,1-2H3,(H,17,20). The highest BCUT2D eigenvalue weighted by Gasteiger charge is 2.15. The number of hydrogen-bond donors (Lipinski definition) is 2. The van der Waals surface area contributed by atoms with E-state index in [1.807, 2.05) is 44.3 Å². The number of aromatic nitrogens is 2. The first kappa shape index (κ1) is 14.1. The second-order valence-corrected chi connectivity index (χ2v) is 4.80. The van der Waals surface area contributed by atoms with Gasteiger partial charge in [0.1, 0.15) is 6.04 Å². The highest BCUT2D eigenvalue weighted by atomic mass is 16.2. The molecule has 0 spiro atoms. The summed E-state index contributed by atoms with van der Waals surface area (Å²) >= 11 is 0. The highest BCUT2D eigenvalue weighted by molar-refractivity contribution is 5.80. The molecule has 2 aromatic rings. The zero-order valence-electron chi connectivity index (χ0n) is 11.8. The molecule has 1 aromatic carbocycles. The Labute approximate surface area is 118 Å². The van der Waals surface area contributed by atoms with Gasteiger partial charge in [-0.1, -0.05) is 19.1 Å². The van der Waals surface area contributed by atoms with Gasteiger partial charge in [0.15, 0.2) is 0 Å². The van der Waals surface area contributed by atoms with Gasteiger partial charge >= 0.3 is 0 Å². The second kappa shape index (κ2) is 6.23. The zero-order chi connectivity index (χ0) is 14.5. The largest absolute Gasteiger partial charge is 0.399 e. The van der Waals surface area contributed by atoms with Crippen LogP contribution in [0.4, 0.5) is 5.69 Å². The van der Waals surface area contributed by atoms with E-state index in [4.69, 9.17) is 5.73 Å². The van der Waals surface area contributed by atoms with E-state index >= 15 is 0 Å². The minimum atomic E-state index is -0.323. The molecule has 0 saturated carbocycles. The number of nitrogens with two attached hydrogens (primary N) is 1. The lowest BCUT2D eigenvalue weighted by Gasteiger charge is -2.11. The van der Waals surface area contributed by atoms with Crippen LogP contribution in [0.2, 0.25) is 0 Å². The molecule has 1 heterocycles. The van der Waals surface area contributed by atoms with Crippen molar-refractivity contribution < 1.29 is 4.79 Å². The van der Waals surface area contributed by atoms with Gasteiger partial charge in [0.05, 0.1) is 6.20 Å². The number of amides is 1. The van der Waals surface area contributed by atoms with Crippen LogP contribution < -0.4 is 11.1 Å². The van der Waals surface area contributed by atoms with E-state index in [0.717, 1.165) is 17.5 Å². The van der Waals surface area contributed by atoms with E-state index in [2.05, 4.69) is 10.4 Å². The molecule has 1 atom stereocenters. The fourth-order valence-electron chi connectivity index (χ4n) is 1.93. The molecule has 0 bridgehead atoms. The lowest BCUT2D eigenvalue weighted by molar-refractivity contribution is -0.124. The maximum absolute atomic E-state index is 11.9. The number of nitrogen functional groups attached to an aromatic ring is 1. The number of hydrogen-bond acceptors (Lipinski definition) is 3. The number of carbonyl (C=O) groups is 1. The molecule has 1 aromatic heterocycles. The highest BCUT2D eigenvalue weighted by Crippen LogP contribution is 2.21. The topological polar surface area (TPSA) is 72.9 Å². The van der Waals surface area contributed by atoms with Crippen molar-refractivity contribution in [2.75, 3.05) is 12.3 Å². The molecule has 5 nitrogen and oxygen atoms in total. The van der Waals surface area contributed by atoms with Crippen molar-refractivity contribution in [1.29, 1.82) is 0 Å². The van der Waals surface area contributed by atoms with E-state index in [1.54, 1.807) is 10.9 Å². The van der Waals surface area contributed by atoms with Gasteiger partial charge in [0.2, 0.25) is 5.91 Å². The van der Waals surface area contributed by atoms with Crippen LogP contribution in [0.15, 0.2) is 36.7 Å². The second-order valence-electron chi connectivity index (χ2n) is 4.80. The molecule has 0 radical (unpaired) electrons.